The van der Waals surface area contributed by atoms with Crippen LogP contribution in [0.4, 0.5) is 0 Å². The van der Waals surface area contributed by atoms with Gasteiger partial charge in [0.25, 0.3) is 5.91 Å². The monoisotopic (exact) mass is 497 g/mol. The Labute approximate surface area is 201 Å². The molecule has 2 aliphatic rings. The summed E-state index contributed by atoms with van der Waals surface area (Å²) in [4.78, 5) is 17.8. The molecule has 176 valence electrons. The van der Waals surface area contributed by atoms with Crippen LogP contribution in [0, 0.1) is 12.3 Å². The number of benzene rings is 2. The lowest BCUT2D eigenvalue weighted by Gasteiger charge is -2.32. The highest BCUT2D eigenvalue weighted by atomic mass is 32.2. The molecule has 0 spiro atoms. The molecule has 3 heterocycles. The minimum atomic E-state index is -3.61. The van der Waals surface area contributed by atoms with Gasteiger partial charge in [0.15, 0.2) is 16.3 Å². The molecule has 8 nitrogen and oxygen atoms in total. The van der Waals surface area contributed by atoms with Gasteiger partial charge in [-0.3, -0.25) is 4.79 Å². The molecule has 0 aliphatic carbocycles. The van der Waals surface area contributed by atoms with E-state index in [9.17, 15) is 13.2 Å². The highest BCUT2D eigenvalue weighted by Crippen LogP contribution is 2.37. The van der Waals surface area contributed by atoms with E-state index in [0.717, 1.165) is 29.5 Å². The first-order valence-corrected chi connectivity index (χ1v) is 13.2. The van der Waals surface area contributed by atoms with Crippen molar-refractivity contribution < 1.29 is 22.7 Å². The highest BCUT2D eigenvalue weighted by Gasteiger charge is 2.31. The Bertz CT molecular complexity index is 1480. The normalized spacial score (nSPS) is 18.8. The Morgan fingerprint density at radius 3 is 2.65 bits per heavy atom. The first-order valence-electron chi connectivity index (χ1n) is 11.0. The van der Waals surface area contributed by atoms with Gasteiger partial charge in [-0.05, 0) is 44.0 Å². The number of hydrogen-bond acceptors (Lipinski definition) is 6. The molecule has 5 rings (SSSR count). The van der Waals surface area contributed by atoms with Crippen molar-refractivity contribution in [3.63, 3.8) is 0 Å². The van der Waals surface area contributed by atoms with Crippen molar-refractivity contribution in [3.8, 4) is 23.8 Å². The fourth-order valence-electron chi connectivity index (χ4n) is 4.27. The molecule has 1 atom stereocenters. The number of fused-ring (bicyclic) bond motifs is 2. The van der Waals surface area contributed by atoms with Crippen LogP contribution in [0.3, 0.4) is 0 Å². The zero-order chi connectivity index (χ0) is 23.9. The van der Waals surface area contributed by atoms with E-state index >= 15 is 0 Å². The third kappa shape index (κ3) is 4.00. The van der Waals surface area contributed by atoms with Crippen LogP contribution in [0.2, 0.25) is 0 Å². The van der Waals surface area contributed by atoms with Crippen LogP contribution in [-0.2, 0) is 16.6 Å². The number of aromatic nitrogens is 1. The van der Waals surface area contributed by atoms with E-state index in [-0.39, 0.29) is 24.3 Å². The lowest BCUT2D eigenvalue weighted by Crippen LogP contribution is -2.41. The van der Waals surface area contributed by atoms with Crippen LogP contribution in [0.5, 0.6) is 11.5 Å². The molecule has 1 fully saturated rings. The van der Waals surface area contributed by atoms with Gasteiger partial charge >= 0.3 is 0 Å². The Morgan fingerprint density at radius 1 is 1.21 bits per heavy atom. The summed E-state index contributed by atoms with van der Waals surface area (Å²) >= 11 is 1.32. The molecular weight excluding hydrogens is 474 g/mol. The number of ether oxygens (including phenoxy) is 2. The van der Waals surface area contributed by atoms with Gasteiger partial charge in [0.1, 0.15) is 0 Å². The van der Waals surface area contributed by atoms with Crippen LogP contribution in [0.25, 0.3) is 10.2 Å². The van der Waals surface area contributed by atoms with Crippen LogP contribution in [0.1, 0.15) is 36.5 Å². The first kappa shape index (κ1) is 22.7. The second-order valence-corrected chi connectivity index (χ2v) is 11.1. The molecule has 1 amide bonds. The third-order valence-electron chi connectivity index (χ3n) is 6.07. The van der Waals surface area contributed by atoms with E-state index in [1.807, 2.05) is 19.1 Å². The van der Waals surface area contributed by atoms with Crippen molar-refractivity contribution in [2.24, 2.45) is 4.99 Å². The number of carbonyl (C=O) groups is 1. The standard InChI is InChI=1S/C24H23N3O5S2/c1-3-11-26-19-13-20-21(32-15-31-20)14-22(19)33-24(26)25-23(28)17-7-9-18(10-8-17)34(29,30)27-12-5-4-6-16(27)2/h1,7-10,13-14,16H,4-6,11-12,15H2,2H3. The number of hydrogen-bond donors (Lipinski definition) is 0. The number of terminal acetylenes is 1. The van der Waals surface area contributed by atoms with Gasteiger partial charge in [-0.2, -0.15) is 9.30 Å². The number of carbonyl (C=O) groups excluding carboxylic acids is 1. The predicted octanol–water partition coefficient (Wildman–Crippen LogP) is 3.37. The number of nitrogens with zero attached hydrogens (tertiary/aromatic N) is 3. The van der Waals surface area contributed by atoms with Gasteiger partial charge in [0.05, 0.1) is 21.7 Å². The summed E-state index contributed by atoms with van der Waals surface area (Å²) < 4.78 is 41.2. The van der Waals surface area contributed by atoms with Gasteiger partial charge < -0.3 is 14.0 Å². The van der Waals surface area contributed by atoms with E-state index in [4.69, 9.17) is 15.9 Å². The van der Waals surface area contributed by atoms with Crippen molar-refractivity contribution in [1.82, 2.24) is 8.87 Å². The second kappa shape index (κ2) is 8.91. The lowest BCUT2D eigenvalue weighted by atomic mass is 10.1. The van der Waals surface area contributed by atoms with Gasteiger partial charge in [-0.25, -0.2) is 8.42 Å². The molecule has 1 unspecified atom stereocenters. The predicted molar refractivity (Wildman–Crippen MR) is 128 cm³/mol. The Balaban J connectivity index is 1.47. The summed E-state index contributed by atoms with van der Waals surface area (Å²) in [6.45, 7) is 2.84. The second-order valence-electron chi connectivity index (χ2n) is 8.25. The summed E-state index contributed by atoms with van der Waals surface area (Å²) in [5, 5.41) is 0. The number of piperidine rings is 1. The minimum Gasteiger partial charge on any atom is -0.454 e. The molecule has 1 aromatic heterocycles. The van der Waals surface area contributed by atoms with Gasteiger partial charge in [-0.15, -0.1) is 6.42 Å². The van der Waals surface area contributed by atoms with Crippen molar-refractivity contribution in [1.29, 1.82) is 0 Å². The quantitative estimate of drug-likeness (QED) is 0.516. The molecule has 0 radical (unpaired) electrons. The summed E-state index contributed by atoms with van der Waals surface area (Å²) in [5.41, 5.74) is 1.10. The van der Waals surface area contributed by atoms with Gasteiger partial charge in [0, 0.05) is 30.3 Å². The average molecular weight is 498 g/mol. The van der Waals surface area contributed by atoms with Crippen LogP contribution in [-0.4, -0.2) is 42.6 Å². The third-order valence-corrected chi connectivity index (χ3v) is 9.14. The van der Waals surface area contributed by atoms with E-state index in [2.05, 4.69) is 10.9 Å². The smallest absolute Gasteiger partial charge is 0.279 e. The maximum Gasteiger partial charge on any atom is 0.279 e. The Kier molecular flexibility index (Phi) is 5.93. The summed E-state index contributed by atoms with van der Waals surface area (Å²) in [7, 11) is -3.61. The van der Waals surface area contributed by atoms with Crippen LogP contribution in [0.15, 0.2) is 46.3 Å². The molecule has 34 heavy (non-hydrogen) atoms. The number of rotatable bonds is 4. The summed E-state index contributed by atoms with van der Waals surface area (Å²) in [6, 6.07) is 9.59. The molecule has 10 heteroatoms. The van der Waals surface area contributed by atoms with E-state index in [1.54, 1.807) is 8.87 Å². The molecule has 1 saturated heterocycles. The van der Waals surface area contributed by atoms with Crippen molar-refractivity contribution >= 4 is 37.5 Å². The molecule has 2 aliphatic heterocycles. The fourth-order valence-corrected chi connectivity index (χ4v) is 7.01. The SMILES string of the molecule is C#CCn1c(=NC(=O)c2ccc(S(=O)(=O)N3CCCCC3C)cc2)sc2cc3c(cc21)OCO3. The van der Waals surface area contributed by atoms with Gasteiger partial charge in [-0.1, -0.05) is 23.7 Å². The molecule has 0 N–H and O–H groups in total. The van der Waals surface area contributed by atoms with E-state index in [0.29, 0.717) is 28.4 Å². The molecule has 0 saturated carbocycles. The van der Waals surface area contributed by atoms with Gasteiger partial charge in [0.2, 0.25) is 16.8 Å². The molecule has 0 bridgehead atoms. The average Bonchev–Trinajstić information content (AvgIpc) is 3.42. The number of amides is 1. The minimum absolute atomic E-state index is 0.0354. The van der Waals surface area contributed by atoms with Crippen LogP contribution >= 0.6 is 11.3 Å². The Hall–Kier alpha value is -3.13. The van der Waals surface area contributed by atoms with Crippen molar-refractivity contribution in [2.45, 2.75) is 43.7 Å². The Morgan fingerprint density at radius 2 is 1.94 bits per heavy atom. The molecule has 2 aromatic carbocycles. The maximum absolute atomic E-state index is 13.0. The topological polar surface area (TPSA) is 90.2 Å². The fraction of sp³-hybridized carbons (Fsp3) is 0.333. The van der Waals surface area contributed by atoms with Crippen LogP contribution < -0.4 is 14.3 Å². The molecular formula is C24H23N3O5S2. The zero-order valence-corrected chi connectivity index (χ0v) is 20.2. The first-order chi connectivity index (χ1) is 16.4. The van der Waals surface area contributed by atoms with E-state index < -0.39 is 15.9 Å². The van der Waals surface area contributed by atoms with Crippen molar-refractivity contribution in [3.05, 3.63) is 46.8 Å². The highest BCUT2D eigenvalue weighted by molar-refractivity contribution is 7.89. The summed E-state index contributed by atoms with van der Waals surface area (Å²) in [6.07, 6.45) is 8.29. The lowest BCUT2D eigenvalue weighted by molar-refractivity contribution is 0.0997. The number of thiazole rings is 1. The van der Waals surface area contributed by atoms with Crippen molar-refractivity contribution in [2.75, 3.05) is 13.3 Å². The maximum atomic E-state index is 13.0. The largest absolute Gasteiger partial charge is 0.454 e. The molecule has 3 aromatic rings. The zero-order valence-electron chi connectivity index (χ0n) is 18.6. The number of sulfonamides is 1. The summed E-state index contributed by atoms with van der Waals surface area (Å²) in [5.74, 6) is 3.38. The van der Waals surface area contributed by atoms with E-state index in [1.165, 1.54) is 35.6 Å².